The highest BCUT2D eigenvalue weighted by molar-refractivity contribution is 5.76. The second-order valence-electron chi connectivity index (χ2n) is 9.23. The van der Waals surface area contributed by atoms with E-state index in [1.807, 2.05) is 73.7 Å². The third-order valence-electron chi connectivity index (χ3n) is 6.80. The zero-order valence-electron chi connectivity index (χ0n) is 19.5. The molecule has 0 spiro atoms. The summed E-state index contributed by atoms with van der Waals surface area (Å²) in [5.74, 6) is -0.863. The lowest BCUT2D eigenvalue weighted by Gasteiger charge is -2.34. The number of aromatic nitrogens is 1. The number of rotatable bonds is 7. The lowest BCUT2D eigenvalue weighted by atomic mass is 9.75. The standard InChI is InChI=1S/C28H28N2O5/c1-18-2-11-25-23(16-18)30-27(35-25)29-22-9-7-20(8-10-22)19-3-5-21(6-4-19)24(31)17-28(26(32)33)12-14-34-15-13-28/h2-11,16,24,31H,12-15,17H2,1H3,(H,29,30)(H,32,33). The first kappa shape index (κ1) is 23.1. The number of aliphatic hydroxyl groups excluding tert-OH is 1. The number of nitrogens with zero attached hydrogens (tertiary/aromatic N) is 1. The minimum atomic E-state index is -0.938. The van der Waals surface area contributed by atoms with Gasteiger partial charge in [-0.25, -0.2) is 0 Å². The van der Waals surface area contributed by atoms with Crippen molar-refractivity contribution in [1.82, 2.24) is 4.98 Å². The lowest BCUT2D eigenvalue weighted by Crippen LogP contribution is -2.38. The van der Waals surface area contributed by atoms with Crippen LogP contribution in [-0.4, -0.2) is 34.4 Å². The minimum absolute atomic E-state index is 0.181. The van der Waals surface area contributed by atoms with Crippen molar-refractivity contribution < 1.29 is 24.2 Å². The summed E-state index contributed by atoms with van der Waals surface area (Å²) < 4.78 is 11.1. The van der Waals surface area contributed by atoms with Crippen LogP contribution in [-0.2, 0) is 9.53 Å². The molecule has 0 saturated carbocycles. The highest BCUT2D eigenvalue weighted by Crippen LogP contribution is 2.40. The van der Waals surface area contributed by atoms with Crippen molar-refractivity contribution >= 4 is 28.8 Å². The molecule has 1 aliphatic heterocycles. The fourth-order valence-corrected chi connectivity index (χ4v) is 4.61. The first-order chi connectivity index (χ1) is 16.9. The van der Waals surface area contributed by atoms with Gasteiger partial charge in [0.1, 0.15) is 5.52 Å². The van der Waals surface area contributed by atoms with Crippen LogP contribution in [0.25, 0.3) is 22.2 Å². The number of nitrogens with one attached hydrogen (secondary N) is 1. The molecule has 7 heteroatoms. The molecule has 3 aromatic carbocycles. The number of aliphatic carboxylic acids is 1. The number of ether oxygens (including phenoxy) is 1. The Morgan fingerprint density at radius 3 is 2.34 bits per heavy atom. The molecule has 1 fully saturated rings. The molecule has 7 nitrogen and oxygen atoms in total. The monoisotopic (exact) mass is 472 g/mol. The fourth-order valence-electron chi connectivity index (χ4n) is 4.61. The van der Waals surface area contributed by atoms with Crippen LogP contribution in [0.4, 0.5) is 11.7 Å². The maximum absolute atomic E-state index is 11.9. The van der Waals surface area contributed by atoms with Gasteiger partial charge in [-0.05, 0) is 72.7 Å². The molecule has 0 amide bonds. The van der Waals surface area contributed by atoms with Crippen LogP contribution in [0, 0.1) is 12.3 Å². The number of carbonyl (C=O) groups is 1. The van der Waals surface area contributed by atoms with Gasteiger partial charge < -0.3 is 24.7 Å². The van der Waals surface area contributed by atoms with Crippen LogP contribution < -0.4 is 5.32 Å². The molecular weight excluding hydrogens is 444 g/mol. The number of fused-ring (bicyclic) bond motifs is 1. The molecule has 5 rings (SSSR count). The largest absolute Gasteiger partial charge is 0.481 e. The highest BCUT2D eigenvalue weighted by atomic mass is 16.5. The van der Waals surface area contributed by atoms with Gasteiger partial charge in [0.05, 0.1) is 11.5 Å². The topological polar surface area (TPSA) is 105 Å². The molecule has 35 heavy (non-hydrogen) atoms. The summed E-state index contributed by atoms with van der Waals surface area (Å²) in [5, 5.41) is 23.7. The predicted molar refractivity (Wildman–Crippen MR) is 134 cm³/mol. The average molecular weight is 473 g/mol. The van der Waals surface area contributed by atoms with E-state index in [4.69, 9.17) is 9.15 Å². The number of carboxylic acid groups (broad SMARTS) is 1. The number of oxazole rings is 1. The molecule has 1 saturated heterocycles. The van der Waals surface area contributed by atoms with Crippen LogP contribution >= 0.6 is 0 Å². The molecule has 1 atom stereocenters. The summed E-state index contributed by atoms with van der Waals surface area (Å²) in [5.41, 5.74) is 5.35. The van der Waals surface area contributed by atoms with Crippen LogP contribution in [0.5, 0.6) is 0 Å². The Morgan fingerprint density at radius 2 is 1.69 bits per heavy atom. The second-order valence-corrected chi connectivity index (χ2v) is 9.23. The number of aryl methyl sites for hydroxylation is 1. The third-order valence-corrected chi connectivity index (χ3v) is 6.80. The molecule has 1 unspecified atom stereocenters. The van der Waals surface area contributed by atoms with Crippen molar-refractivity contribution in [3.8, 4) is 11.1 Å². The smallest absolute Gasteiger partial charge is 0.309 e. The molecule has 4 aromatic rings. The first-order valence-corrected chi connectivity index (χ1v) is 11.8. The molecule has 0 aliphatic carbocycles. The number of hydrogen-bond donors (Lipinski definition) is 3. The Labute approximate surface area is 203 Å². The first-order valence-electron chi connectivity index (χ1n) is 11.8. The van der Waals surface area contributed by atoms with Gasteiger partial charge in [0.2, 0.25) is 0 Å². The number of benzene rings is 3. The van der Waals surface area contributed by atoms with Gasteiger partial charge >= 0.3 is 5.97 Å². The maximum atomic E-state index is 11.9. The SMILES string of the molecule is Cc1ccc2oc(Nc3ccc(-c4ccc(C(O)CC5(C(=O)O)CCOCC5)cc4)cc3)nc2c1. The Morgan fingerprint density at radius 1 is 1.03 bits per heavy atom. The quantitative estimate of drug-likeness (QED) is 0.310. The zero-order chi connectivity index (χ0) is 24.4. The van der Waals surface area contributed by atoms with Crippen molar-refractivity contribution in [2.75, 3.05) is 18.5 Å². The number of hydrogen-bond acceptors (Lipinski definition) is 6. The number of anilines is 2. The van der Waals surface area contributed by atoms with E-state index in [1.165, 1.54) is 0 Å². The summed E-state index contributed by atoms with van der Waals surface area (Å²) in [6, 6.07) is 21.9. The molecule has 3 N–H and O–H groups in total. The Kier molecular flexibility index (Phi) is 6.28. The van der Waals surface area contributed by atoms with Crippen LogP contribution in [0.2, 0.25) is 0 Å². The fraction of sp³-hybridized carbons (Fsp3) is 0.286. The van der Waals surface area contributed by atoms with E-state index in [0.29, 0.717) is 37.6 Å². The normalized spacial score (nSPS) is 16.2. The molecule has 1 aromatic heterocycles. The van der Waals surface area contributed by atoms with E-state index in [2.05, 4.69) is 10.3 Å². The maximum Gasteiger partial charge on any atom is 0.309 e. The molecule has 2 heterocycles. The zero-order valence-corrected chi connectivity index (χ0v) is 19.5. The third kappa shape index (κ3) is 4.92. The van der Waals surface area contributed by atoms with Crippen LogP contribution in [0.15, 0.2) is 71.1 Å². The Hall–Kier alpha value is -3.68. The Bertz CT molecular complexity index is 1320. The predicted octanol–water partition coefficient (Wildman–Crippen LogP) is 5.85. The summed E-state index contributed by atoms with van der Waals surface area (Å²) in [7, 11) is 0. The van der Waals surface area contributed by atoms with Crippen LogP contribution in [0.1, 0.15) is 36.5 Å². The number of carboxylic acids is 1. The molecule has 0 bridgehead atoms. The second kappa shape index (κ2) is 9.52. The van der Waals surface area contributed by atoms with E-state index < -0.39 is 17.5 Å². The molecular formula is C28H28N2O5. The molecule has 0 radical (unpaired) electrons. The van der Waals surface area contributed by atoms with Crippen LogP contribution in [0.3, 0.4) is 0 Å². The van der Waals surface area contributed by atoms with E-state index in [0.717, 1.165) is 33.5 Å². The van der Waals surface area contributed by atoms with Gasteiger partial charge in [0, 0.05) is 18.9 Å². The van der Waals surface area contributed by atoms with Crippen molar-refractivity contribution in [2.45, 2.75) is 32.3 Å². The van der Waals surface area contributed by atoms with Gasteiger partial charge in [0.15, 0.2) is 5.58 Å². The van der Waals surface area contributed by atoms with E-state index in [9.17, 15) is 15.0 Å². The van der Waals surface area contributed by atoms with Gasteiger partial charge in [-0.15, -0.1) is 0 Å². The van der Waals surface area contributed by atoms with Gasteiger partial charge in [-0.3, -0.25) is 4.79 Å². The summed E-state index contributed by atoms with van der Waals surface area (Å²) in [6.07, 6.45) is 0.174. The summed E-state index contributed by atoms with van der Waals surface area (Å²) >= 11 is 0. The summed E-state index contributed by atoms with van der Waals surface area (Å²) in [6.45, 7) is 2.84. The highest BCUT2D eigenvalue weighted by Gasteiger charge is 2.42. The summed E-state index contributed by atoms with van der Waals surface area (Å²) in [4.78, 5) is 16.4. The average Bonchev–Trinajstić information content (AvgIpc) is 3.26. The molecule has 1 aliphatic rings. The lowest BCUT2D eigenvalue weighted by molar-refractivity contribution is -0.157. The van der Waals surface area contributed by atoms with Gasteiger partial charge in [0.25, 0.3) is 6.01 Å². The van der Waals surface area contributed by atoms with Gasteiger partial charge in [-0.2, -0.15) is 4.98 Å². The van der Waals surface area contributed by atoms with Gasteiger partial charge in [-0.1, -0.05) is 42.5 Å². The minimum Gasteiger partial charge on any atom is -0.481 e. The Balaban J connectivity index is 1.26. The van der Waals surface area contributed by atoms with Crippen molar-refractivity contribution in [1.29, 1.82) is 0 Å². The van der Waals surface area contributed by atoms with E-state index in [-0.39, 0.29) is 6.42 Å². The van der Waals surface area contributed by atoms with Crippen molar-refractivity contribution in [2.24, 2.45) is 5.41 Å². The van der Waals surface area contributed by atoms with Crippen molar-refractivity contribution in [3.05, 3.63) is 77.9 Å². The molecule has 180 valence electrons. The van der Waals surface area contributed by atoms with E-state index >= 15 is 0 Å². The van der Waals surface area contributed by atoms with E-state index in [1.54, 1.807) is 0 Å². The number of aliphatic hydroxyl groups is 1. The van der Waals surface area contributed by atoms with Crippen molar-refractivity contribution in [3.63, 3.8) is 0 Å².